The highest BCUT2D eigenvalue weighted by atomic mass is 16.5. The molecule has 0 bridgehead atoms. The van der Waals surface area contributed by atoms with E-state index in [0.29, 0.717) is 23.4 Å². The van der Waals surface area contributed by atoms with Crippen molar-refractivity contribution >= 4 is 17.4 Å². The average molecular weight is 466 g/mol. The van der Waals surface area contributed by atoms with Crippen molar-refractivity contribution in [3.8, 4) is 5.75 Å². The third-order valence-electron chi connectivity index (χ3n) is 6.12. The van der Waals surface area contributed by atoms with Gasteiger partial charge in [-0.05, 0) is 82.2 Å². The van der Waals surface area contributed by atoms with Gasteiger partial charge in [0.15, 0.2) is 0 Å². The van der Waals surface area contributed by atoms with Crippen LogP contribution in [-0.2, 0) is 9.59 Å². The maximum absolute atomic E-state index is 13.2. The van der Waals surface area contributed by atoms with Gasteiger partial charge >= 0.3 is 0 Å². The Morgan fingerprint density at radius 2 is 1.94 bits per heavy atom. The molecule has 7 heteroatoms. The van der Waals surface area contributed by atoms with Gasteiger partial charge in [0.25, 0.3) is 11.7 Å². The molecule has 1 fully saturated rings. The Bertz CT molecular complexity index is 1050. The number of Topliss-reactive ketones (excluding diaryl/α,β-unsaturated/α-hetero) is 1. The molecule has 0 unspecified atom stereocenters. The van der Waals surface area contributed by atoms with Crippen LogP contribution in [0.5, 0.6) is 5.75 Å². The number of aryl methyl sites for hydroxylation is 1. The fourth-order valence-electron chi connectivity index (χ4n) is 4.34. The molecule has 0 spiro atoms. The largest absolute Gasteiger partial charge is 0.507 e. The number of amides is 1. The second-order valence-corrected chi connectivity index (χ2v) is 8.81. The number of hydrogen-bond donors (Lipinski definition) is 1. The van der Waals surface area contributed by atoms with E-state index in [1.165, 1.54) is 0 Å². The summed E-state index contributed by atoms with van der Waals surface area (Å²) in [5, 5.41) is 11.3. The van der Waals surface area contributed by atoms with Crippen LogP contribution in [0, 0.1) is 6.92 Å². The van der Waals surface area contributed by atoms with E-state index in [9.17, 15) is 14.7 Å². The van der Waals surface area contributed by atoms with Gasteiger partial charge in [0, 0.05) is 24.5 Å². The van der Waals surface area contributed by atoms with Crippen LogP contribution in [0.3, 0.4) is 0 Å². The Kier molecular flexibility index (Phi) is 8.45. The van der Waals surface area contributed by atoms with Gasteiger partial charge in [-0.15, -0.1) is 0 Å². The predicted molar refractivity (Wildman–Crippen MR) is 133 cm³/mol. The van der Waals surface area contributed by atoms with Crippen LogP contribution in [0.1, 0.15) is 56.8 Å². The highest BCUT2D eigenvalue weighted by Gasteiger charge is 2.45. The highest BCUT2D eigenvalue weighted by Crippen LogP contribution is 2.39. The van der Waals surface area contributed by atoms with Crippen molar-refractivity contribution < 1.29 is 19.4 Å². The molecule has 34 heavy (non-hydrogen) atoms. The first-order valence-corrected chi connectivity index (χ1v) is 12.0. The van der Waals surface area contributed by atoms with Gasteiger partial charge in [-0.25, -0.2) is 0 Å². The summed E-state index contributed by atoms with van der Waals surface area (Å²) in [6.45, 7) is 13.1. The van der Waals surface area contributed by atoms with Gasteiger partial charge in [0.1, 0.15) is 11.5 Å². The normalized spacial score (nSPS) is 17.7. The number of likely N-dealkylation sites (tertiary alicyclic amines) is 1. The molecular weight excluding hydrogens is 430 g/mol. The van der Waals surface area contributed by atoms with E-state index < -0.39 is 17.7 Å². The van der Waals surface area contributed by atoms with Crippen LogP contribution in [-0.4, -0.2) is 63.9 Å². The number of carbonyl (C=O) groups is 2. The molecule has 3 rings (SSSR count). The number of aliphatic hydroxyl groups is 1. The molecule has 1 aromatic heterocycles. The van der Waals surface area contributed by atoms with Crippen LogP contribution in [0.15, 0.2) is 48.3 Å². The second kappa shape index (κ2) is 11.3. The Balaban J connectivity index is 2.00. The fourth-order valence-corrected chi connectivity index (χ4v) is 4.34. The first-order chi connectivity index (χ1) is 16.3. The third-order valence-corrected chi connectivity index (χ3v) is 6.12. The number of pyridine rings is 1. The lowest BCUT2D eigenvalue weighted by Gasteiger charge is -2.26. The van der Waals surface area contributed by atoms with Crippen molar-refractivity contribution in [1.82, 2.24) is 14.8 Å². The summed E-state index contributed by atoms with van der Waals surface area (Å²) < 4.78 is 5.79. The zero-order valence-electron chi connectivity index (χ0n) is 20.7. The summed E-state index contributed by atoms with van der Waals surface area (Å²) in [4.78, 5) is 34.3. The first kappa shape index (κ1) is 25.4. The minimum absolute atomic E-state index is 0.0189. The van der Waals surface area contributed by atoms with E-state index >= 15 is 0 Å². The lowest BCUT2D eigenvalue weighted by molar-refractivity contribution is -0.140. The zero-order valence-corrected chi connectivity index (χ0v) is 20.7. The number of rotatable bonds is 10. The summed E-state index contributed by atoms with van der Waals surface area (Å²) in [6, 6.07) is 8.20. The molecule has 1 aromatic carbocycles. The van der Waals surface area contributed by atoms with Crippen molar-refractivity contribution in [2.75, 3.05) is 26.2 Å². The lowest BCUT2D eigenvalue weighted by atomic mass is 9.95. The minimum Gasteiger partial charge on any atom is -0.507 e. The Labute approximate surface area is 202 Å². The average Bonchev–Trinajstić information content (AvgIpc) is 3.08. The predicted octanol–water partition coefficient (Wildman–Crippen LogP) is 4.33. The number of benzene rings is 1. The van der Waals surface area contributed by atoms with E-state index in [1.807, 2.05) is 26.8 Å². The fraction of sp³-hybridized carbons (Fsp3) is 0.444. The standard InChI is InChI=1S/C27H35N3O4/c1-6-29(7-2)14-9-15-30-24(21-10-8-13-28-17-21)23(26(32)27(30)33)25(31)20-11-12-22(19(5)16-20)34-18(3)4/h8,10-13,16-18,24,31H,6-7,9,14-15H2,1-5H3/t24-/m0/s1. The first-order valence-electron chi connectivity index (χ1n) is 12.0. The lowest BCUT2D eigenvalue weighted by Crippen LogP contribution is -2.33. The number of ether oxygens (including phenoxy) is 1. The molecule has 2 aromatic rings. The Morgan fingerprint density at radius 3 is 2.53 bits per heavy atom. The molecule has 182 valence electrons. The van der Waals surface area contributed by atoms with E-state index in [2.05, 4.69) is 23.7 Å². The molecule has 0 radical (unpaired) electrons. The van der Waals surface area contributed by atoms with Crippen LogP contribution in [0.4, 0.5) is 0 Å². The zero-order chi connectivity index (χ0) is 24.8. The number of nitrogens with zero attached hydrogens (tertiary/aromatic N) is 3. The summed E-state index contributed by atoms with van der Waals surface area (Å²) >= 11 is 0. The van der Waals surface area contributed by atoms with E-state index in [1.54, 1.807) is 41.6 Å². The van der Waals surface area contributed by atoms with E-state index in [0.717, 1.165) is 31.6 Å². The van der Waals surface area contributed by atoms with Gasteiger partial charge in [0.05, 0.1) is 17.7 Å². The number of carbonyl (C=O) groups excluding carboxylic acids is 2. The Morgan fingerprint density at radius 1 is 1.21 bits per heavy atom. The molecule has 7 nitrogen and oxygen atoms in total. The third kappa shape index (κ3) is 5.47. The second-order valence-electron chi connectivity index (χ2n) is 8.81. The molecule has 1 saturated heterocycles. The van der Waals surface area contributed by atoms with Crippen molar-refractivity contribution in [2.24, 2.45) is 0 Å². The molecule has 0 aliphatic carbocycles. The summed E-state index contributed by atoms with van der Waals surface area (Å²) in [6.07, 6.45) is 4.04. The molecular formula is C27H35N3O4. The topological polar surface area (TPSA) is 83.0 Å². The smallest absolute Gasteiger partial charge is 0.295 e. The molecule has 1 atom stereocenters. The number of ketones is 1. The highest BCUT2D eigenvalue weighted by molar-refractivity contribution is 6.46. The van der Waals surface area contributed by atoms with E-state index in [4.69, 9.17) is 4.74 Å². The number of aromatic nitrogens is 1. The molecule has 1 amide bonds. The van der Waals surface area contributed by atoms with Gasteiger partial charge in [-0.1, -0.05) is 19.9 Å². The monoisotopic (exact) mass is 465 g/mol. The van der Waals surface area contributed by atoms with Crippen molar-refractivity contribution in [1.29, 1.82) is 0 Å². The van der Waals surface area contributed by atoms with Crippen molar-refractivity contribution in [3.05, 3.63) is 65.0 Å². The van der Waals surface area contributed by atoms with Gasteiger partial charge in [-0.2, -0.15) is 0 Å². The van der Waals surface area contributed by atoms with Crippen molar-refractivity contribution in [3.63, 3.8) is 0 Å². The van der Waals surface area contributed by atoms with E-state index in [-0.39, 0.29) is 17.4 Å². The quantitative estimate of drug-likeness (QED) is 0.319. The molecule has 1 aliphatic rings. The van der Waals surface area contributed by atoms with Crippen LogP contribution in [0.2, 0.25) is 0 Å². The van der Waals surface area contributed by atoms with Crippen LogP contribution >= 0.6 is 0 Å². The Hall–Kier alpha value is -3.19. The minimum atomic E-state index is -0.683. The van der Waals surface area contributed by atoms with Crippen LogP contribution < -0.4 is 4.74 Å². The van der Waals surface area contributed by atoms with Gasteiger partial charge in [-0.3, -0.25) is 14.6 Å². The van der Waals surface area contributed by atoms with Gasteiger partial charge in [0.2, 0.25) is 0 Å². The maximum Gasteiger partial charge on any atom is 0.295 e. The maximum atomic E-state index is 13.2. The summed E-state index contributed by atoms with van der Waals surface area (Å²) in [5.41, 5.74) is 2.10. The SMILES string of the molecule is CCN(CC)CCCN1C(=O)C(=O)C(=C(O)c2ccc(OC(C)C)c(C)c2)[C@@H]1c1cccnc1. The molecule has 2 heterocycles. The van der Waals surface area contributed by atoms with Gasteiger partial charge < -0.3 is 19.6 Å². The molecule has 0 saturated carbocycles. The van der Waals surface area contributed by atoms with Crippen molar-refractivity contribution in [2.45, 2.75) is 53.2 Å². The van der Waals surface area contributed by atoms with Crippen LogP contribution in [0.25, 0.3) is 5.76 Å². The summed E-state index contributed by atoms with van der Waals surface area (Å²) in [7, 11) is 0. The number of aliphatic hydroxyl groups excluding tert-OH is 1. The summed E-state index contributed by atoms with van der Waals surface area (Å²) in [5.74, 6) is -0.731. The molecule has 1 aliphatic heterocycles. The molecule has 1 N–H and O–H groups in total. The number of hydrogen-bond acceptors (Lipinski definition) is 6.